The Morgan fingerprint density at radius 1 is 1.22 bits per heavy atom. The van der Waals surface area contributed by atoms with Crippen molar-refractivity contribution in [3.8, 4) is 0 Å². The fourth-order valence-electron chi connectivity index (χ4n) is 1.67. The predicted octanol–water partition coefficient (Wildman–Crippen LogP) is 3.35. The normalized spacial score (nSPS) is 10.7. The second-order valence-electron chi connectivity index (χ2n) is 3.67. The van der Waals surface area contributed by atoms with Gasteiger partial charge in [-0.3, -0.25) is 9.97 Å². The lowest BCUT2D eigenvalue weighted by molar-refractivity contribution is 1.01. The second kappa shape index (κ2) is 4.88. The zero-order chi connectivity index (χ0) is 12.4. The minimum absolute atomic E-state index is 0.574. The molecule has 0 aliphatic rings. The molecule has 0 fully saturated rings. The molecule has 4 nitrogen and oxygen atoms in total. The number of nitrogens with one attached hydrogen (secondary N) is 1. The third-order valence-electron chi connectivity index (χ3n) is 2.51. The Morgan fingerprint density at radius 2 is 2.17 bits per heavy atom. The van der Waals surface area contributed by atoms with Gasteiger partial charge in [0.05, 0.1) is 39.4 Å². The van der Waals surface area contributed by atoms with Crippen LogP contribution in [0.5, 0.6) is 0 Å². The maximum atomic E-state index is 6.19. The molecule has 0 radical (unpaired) electrons. The van der Waals surface area contributed by atoms with E-state index in [1.807, 2.05) is 17.6 Å². The number of fused-ring (bicyclic) bond motifs is 1. The molecule has 1 N–H and O–H groups in total. The van der Waals surface area contributed by atoms with Crippen LogP contribution in [0.15, 0.2) is 36.2 Å². The second-order valence-corrected chi connectivity index (χ2v) is 4.97. The summed E-state index contributed by atoms with van der Waals surface area (Å²) in [7, 11) is 0. The van der Waals surface area contributed by atoms with Gasteiger partial charge >= 0.3 is 0 Å². The van der Waals surface area contributed by atoms with Crippen LogP contribution in [0.2, 0.25) is 5.02 Å². The third-order valence-corrected chi connectivity index (χ3v) is 3.62. The molecule has 0 aliphatic carbocycles. The summed E-state index contributed by atoms with van der Waals surface area (Å²) in [5.41, 5.74) is 4.42. The molecular weight excluding hydrogens is 268 g/mol. The highest BCUT2D eigenvalue weighted by atomic mass is 35.5. The van der Waals surface area contributed by atoms with E-state index in [2.05, 4.69) is 20.3 Å². The van der Waals surface area contributed by atoms with E-state index in [1.165, 1.54) is 0 Å². The maximum absolute atomic E-state index is 6.19. The lowest BCUT2D eigenvalue weighted by Crippen LogP contribution is -2.02. The van der Waals surface area contributed by atoms with Gasteiger partial charge in [0, 0.05) is 12.4 Å². The maximum Gasteiger partial charge on any atom is 0.106 e. The molecule has 6 heteroatoms. The molecule has 18 heavy (non-hydrogen) atoms. The van der Waals surface area contributed by atoms with Crippen LogP contribution in [0.25, 0.3) is 10.2 Å². The van der Waals surface area contributed by atoms with Crippen molar-refractivity contribution in [3.63, 3.8) is 0 Å². The zero-order valence-electron chi connectivity index (χ0n) is 9.30. The zero-order valence-corrected chi connectivity index (χ0v) is 10.9. The van der Waals surface area contributed by atoms with Gasteiger partial charge in [0.1, 0.15) is 5.52 Å². The first-order valence-electron chi connectivity index (χ1n) is 5.35. The van der Waals surface area contributed by atoms with E-state index in [4.69, 9.17) is 11.6 Å². The number of anilines is 1. The molecule has 0 atom stereocenters. The number of rotatable bonds is 3. The van der Waals surface area contributed by atoms with Gasteiger partial charge in [0.15, 0.2) is 0 Å². The number of aromatic nitrogens is 3. The van der Waals surface area contributed by atoms with Crippen LogP contribution >= 0.6 is 22.9 Å². The highest BCUT2D eigenvalue weighted by molar-refractivity contribution is 7.16. The molecule has 0 saturated carbocycles. The summed E-state index contributed by atoms with van der Waals surface area (Å²) in [6.45, 7) is 0.574. The number of nitrogens with zero attached hydrogens (tertiary/aromatic N) is 3. The summed E-state index contributed by atoms with van der Waals surface area (Å²) in [6, 6.07) is 3.85. The van der Waals surface area contributed by atoms with E-state index in [0.29, 0.717) is 11.6 Å². The number of hydrogen-bond donors (Lipinski definition) is 1. The van der Waals surface area contributed by atoms with Crippen molar-refractivity contribution in [1.29, 1.82) is 0 Å². The standard InChI is InChI=1S/C12H9ClN4S/c13-9-1-2-10-12(17-7-18-10)11(9)16-6-8-5-14-3-4-15-8/h1-5,7,16H,6H2. The van der Waals surface area contributed by atoms with Gasteiger partial charge in [-0.05, 0) is 12.1 Å². The summed E-state index contributed by atoms with van der Waals surface area (Å²) in [4.78, 5) is 12.6. The number of thiazole rings is 1. The van der Waals surface area contributed by atoms with Crippen molar-refractivity contribution in [2.24, 2.45) is 0 Å². The molecule has 0 saturated heterocycles. The van der Waals surface area contributed by atoms with Gasteiger partial charge in [-0.15, -0.1) is 11.3 Å². The predicted molar refractivity (Wildman–Crippen MR) is 74.0 cm³/mol. The molecule has 90 valence electrons. The molecular formula is C12H9ClN4S. The average Bonchev–Trinajstić information content (AvgIpc) is 2.87. The van der Waals surface area contributed by atoms with Gasteiger partial charge in [-0.25, -0.2) is 4.98 Å². The lowest BCUT2D eigenvalue weighted by Gasteiger charge is -2.08. The monoisotopic (exact) mass is 276 g/mol. The molecule has 0 unspecified atom stereocenters. The Hall–Kier alpha value is -1.72. The van der Waals surface area contributed by atoms with E-state index in [-0.39, 0.29) is 0 Å². The Kier molecular flexibility index (Phi) is 3.08. The van der Waals surface area contributed by atoms with Crippen LogP contribution < -0.4 is 5.32 Å². The highest BCUT2D eigenvalue weighted by Gasteiger charge is 2.08. The SMILES string of the molecule is Clc1ccc2scnc2c1NCc1cnccn1. The molecule has 0 aliphatic heterocycles. The topological polar surface area (TPSA) is 50.7 Å². The van der Waals surface area contributed by atoms with Crippen LogP contribution in [0, 0.1) is 0 Å². The molecule has 3 rings (SSSR count). The number of halogens is 1. The summed E-state index contributed by atoms with van der Waals surface area (Å²) in [6.07, 6.45) is 5.04. The number of benzene rings is 1. The quantitative estimate of drug-likeness (QED) is 0.797. The highest BCUT2D eigenvalue weighted by Crippen LogP contribution is 2.32. The van der Waals surface area contributed by atoms with Gasteiger partial charge in [0.25, 0.3) is 0 Å². The molecule has 0 bridgehead atoms. The lowest BCUT2D eigenvalue weighted by atomic mass is 10.2. The minimum atomic E-state index is 0.574. The third kappa shape index (κ3) is 2.14. The molecule has 3 aromatic rings. The molecule has 2 heterocycles. The van der Waals surface area contributed by atoms with E-state index in [9.17, 15) is 0 Å². The van der Waals surface area contributed by atoms with E-state index < -0.39 is 0 Å². The first-order valence-corrected chi connectivity index (χ1v) is 6.61. The van der Waals surface area contributed by atoms with Crippen LogP contribution in [-0.4, -0.2) is 15.0 Å². The fourth-order valence-corrected chi connectivity index (χ4v) is 2.58. The Labute approximate surface area is 113 Å². The van der Waals surface area contributed by atoms with E-state index >= 15 is 0 Å². The van der Waals surface area contributed by atoms with Crippen molar-refractivity contribution < 1.29 is 0 Å². The van der Waals surface area contributed by atoms with Crippen molar-refractivity contribution in [3.05, 3.63) is 47.0 Å². The van der Waals surface area contributed by atoms with E-state index in [0.717, 1.165) is 21.6 Å². The van der Waals surface area contributed by atoms with Gasteiger partial charge < -0.3 is 5.32 Å². The van der Waals surface area contributed by atoms with Crippen LogP contribution in [0.1, 0.15) is 5.69 Å². The summed E-state index contributed by atoms with van der Waals surface area (Å²) in [5.74, 6) is 0. The van der Waals surface area contributed by atoms with Crippen LogP contribution in [0.3, 0.4) is 0 Å². The fraction of sp³-hybridized carbons (Fsp3) is 0.0833. The molecule has 0 spiro atoms. The smallest absolute Gasteiger partial charge is 0.106 e. The summed E-state index contributed by atoms with van der Waals surface area (Å²) in [5, 5.41) is 3.93. The number of hydrogen-bond acceptors (Lipinski definition) is 5. The first-order chi connectivity index (χ1) is 8.84. The molecule has 2 aromatic heterocycles. The molecule has 1 aromatic carbocycles. The molecule has 0 amide bonds. The van der Waals surface area contributed by atoms with Crippen molar-refractivity contribution in [2.75, 3.05) is 5.32 Å². The largest absolute Gasteiger partial charge is 0.376 e. The average molecular weight is 277 g/mol. The van der Waals surface area contributed by atoms with Gasteiger partial charge in [0.2, 0.25) is 0 Å². The Bertz CT molecular complexity index is 668. The van der Waals surface area contributed by atoms with Gasteiger partial charge in [-0.1, -0.05) is 11.6 Å². The summed E-state index contributed by atoms with van der Waals surface area (Å²) < 4.78 is 1.11. The first kappa shape index (κ1) is 11.4. The van der Waals surface area contributed by atoms with Crippen molar-refractivity contribution in [1.82, 2.24) is 15.0 Å². The van der Waals surface area contributed by atoms with Crippen LogP contribution in [0.4, 0.5) is 5.69 Å². The Morgan fingerprint density at radius 3 is 3.00 bits per heavy atom. The van der Waals surface area contributed by atoms with Gasteiger partial charge in [-0.2, -0.15) is 0 Å². The van der Waals surface area contributed by atoms with Crippen molar-refractivity contribution >= 4 is 38.8 Å². The minimum Gasteiger partial charge on any atom is -0.376 e. The van der Waals surface area contributed by atoms with E-state index in [1.54, 1.807) is 29.9 Å². The summed E-state index contributed by atoms with van der Waals surface area (Å²) >= 11 is 7.79. The van der Waals surface area contributed by atoms with Crippen molar-refractivity contribution in [2.45, 2.75) is 6.54 Å². The Balaban J connectivity index is 1.90. The van der Waals surface area contributed by atoms with Crippen LogP contribution in [-0.2, 0) is 6.54 Å².